The van der Waals surface area contributed by atoms with Gasteiger partial charge in [0.05, 0.1) is 16.9 Å². The monoisotopic (exact) mass is 379 g/mol. The Kier molecular flexibility index (Phi) is 4.73. The van der Waals surface area contributed by atoms with Gasteiger partial charge in [-0.25, -0.2) is 13.2 Å². The number of carbonyl (C=O) groups excluding carboxylic acids is 1. The van der Waals surface area contributed by atoms with Crippen LogP contribution in [0.25, 0.3) is 11.1 Å². The maximum absolute atomic E-state index is 14.4. The van der Waals surface area contributed by atoms with Gasteiger partial charge in [-0.15, -0.1) is 0 Å². The second-order valence-electron chi connectivity index (χ2n) is 5.60. The molecule has 3 rings (SSSR count). The summed E-state index contributed by atoms with van der Waals surface area (Å²) in [6.45, 7) is 1.56. The van der Waals surface area contributed by atoms with Crippen LogP contribution in [0.2, 0.25) is 5.15 Å². The quantitative estimate of drug-likeness (QED) is 0.669. The molecule has 0 aliphatic heterocycles. The van der Waals surface area contributed by atoms with Gasteiger partial charge in [0.2, 0.25) is 0 Å². The largest absolute Gasteiger partial charge is 0.319 e. The average Bonchev–Trinajstić information content (AvgIpc) is 2.88. The number of nitrogens with one attached hydrogen (secondary N) is 1. The molecule has 1 amide bonds. The lowest BCUT2D eigenvalue weighted by Crippen LogP contribution is -2.16. The van der Waals surface area contributed by atoms with Crippen molar-refractivity contribution in [1.82, 2.24) is 9.78 Å². The Morgan fingerprint density at radius 2 is 1.81 bits per heavy atom. The fourth-order valence-corrected chi connectivity index (χ4v) is 2.89. The minimum Gasteiger partial charge on any atom is -0.319 e. The smallest absolute Gasteiger partial charge is 0.260 e. The predicted molar refractivity (Wildman–Crippen MR) is 92.7 cm³/mol. The molecule has 0 unspecified atom stereocenters. The molecule has 0 bridgehead atoms. The maximum Gasteiger partial charge on any atom is 0.260 e. The number of hydrogen-bond donors (Lipinski definition) is 1. The zero-order valence-corrected chi connectivity index (χ0v) is 14.5. The van der Waals surface area contributed by atoms with Crippen molar-refractivity contribution in [2.75, 3.05) is 5.32 Å². The molecule has 4 nitrogen and oxygen atoms in total. The summed E-state index contributed by atoms with van der Waals surface area (Å²) < 4.78 is 43.2. The van der Waals surface area contributed by atoms with Crippen molar-refractivity contribution in [3.05, 3.63) is 70.3 Å². The Hall–Kier alpha value is -2.80. The Balaban J connectivity index is 2.12. The van der Waals surface area contributed by atoms with Gasteiger partial charge in [-0.05, 0) is 18.6 Å². The van der Waals surface area contributed by atoms with E-state index in [0.717, 1.165) is 6.07 Å². The maximum atomic E-state index is 14.4. The summed E-state index contributed by atoms with van der Waals surface area (Å²) in [5.41, 5.74) is 0.290. The van der Waals surface area contributed by atoms with Gasteiger partial charge in [-0.3, -0.25) is 9.48 Å². The van der Waals surface area contributed by atoms with E-state index in [1.54, 1.807) is 44.3 Å². The SMILES string of the molecule is Cc1nn(C)c(Cl)c1C(=O)Nc1c(-c2ccccc2)cc(F)c(F)c1F. The molecule has 134 valence electrons. The molecule has 0 saturated carbocycles. The molecule has 8 heteroatoms. The highest BCUT2D eigenvalue weighted by Crippen LogP contribution is 2.34. The molecule has 0 aliphatic rings. The summed E-state index contributed by atoms with van der Waals surface area (Å²) in [4.78, 5) is 12.6. The van der Waals surface area contributed by atoms with Crippen LogP contribution >= 0.6 is 11.6 Å². The van der Waals surface area contributed by atoms with Crippen LogP contribution in [-0.2, 0) is 7.05 Å². The lowest BCUT2D eigenvalue weighted by atomic mass is 10.0. The molecule has 0 saturated heterocycles. The first-order valence-electron chi connectivity index (χ1n) is 7.54. The van der Waals surface area contributed by atoms with E-state index in [2.05, 4.69) is 10.4 Å². The molecule has 3 aromatic rings. The third-order valence-corrected chi connectivity index (χ3v) is 4.30. The number of amides is 1. The van der Waals surface area contributed by atoms with Crippen molar-refractivity contribution in [1.29, 1.82) is 0 Å². The fraction of sp³-hybridized carbons (Fsp3) is 0.111. The van der Waals surface area contributed by atoms with Gasteiger partial charge >= 0.3 is 0 Å². The van der Waals surface area contributed by atoms with Gasteiger partial charge in [-0.2, -0.15) is 5.10 Å². The Labute approximate surface area is 152 Å². The van der Waals surface area contributed by atoms with Crippen LogP contribution in [-0.4, -0.2) is 15.7 Å². The van der Waals surface area contributed by atoms with Gasteiger partial charge in [0, 0.05) is 12.6 Å². The highest BCUT2D eigenvalue weighted by atomic mass is 35.5. The minimum atomic E-state index is -1.67. The fourth-order valence-electron chi connectivity index (χ4n) is 2.63. The summed E-state index contributed by atoms with van der Waals surface area (Å²) in [5.74, 6) is -5.29. The van der Waals surface area contributed by atoms with Crippen LogP contribution in [0.5, 0.6) is 0 Å². The molecule has 0 aliphatic carbocycles. The number of hydrogen-bond acceptors (Lipinski definition) is 2. The summed E-state index contributed by atoms with van der Waals surface area (Å²) in [6, 6.07) is 9.04. The van der Waals surface area contributed by atoms with Crippen molar-refractivity contribution in [2.24, 2.45) is 7.05 Å². The third kappa shape index (κ3) is 3.06. The Bertz CT molecular complexity index is 1000. The standard InChI is InChI=1S/C18H13ClF3N3O/c1-9-13(17(19)25(2)24-9)18(26)23-16-11(10-6-4-3-5-7-10)8-12(20)14(21)15(16)22/h3-8H,1-2H3,(H,23,26). The normalized spacial score (nSPS) is 10.8. The van der Waals surface area contributed by atoms with Crippen LogP contribution < -0.4 is 5.32 Å². The van der Waals surface area contributed by atoms with E-state index in [-0.39, 0.29) is 16.3 Å². The topological polar surface area (TPSA) is 46.9 Å². The van der Waals surface area contributed by atoms with Crippen LogP contribution in [0, 0.1) is 24.4 Å². The molecule has 0 spiro atoms. The molecule has 1 N–H and O–H groups in total. The summed E-state index contributed by atoms with van der Waals surface area (Å²) in [6.07, 6.45) is 0. The first-order chi connectivity index (χ1) is 12.3. The van der Waals surface area contributed by atoms with Crippen LogP contribution in [0.1, 0.15) is 16.1 Å². The van der Waals surface area contributed by atoms with Gasteiger partial charge in [0.15, 0.2) is 17.5 Å². The van der Waals surface area contributed by atoms with E-state index in [4.69, 9.17) is 11.6 Å². The zero-order chi connectivity index (χ0) is 19.0. The first kappa shape index (κ1) is 18.0. The van der Waals surface area contributed by atoms with Crippen molar-refractivity contribution in [2.45, 2.75) is 6.92 Å². The summed E-state index contributed by atoms with van der Waals surface area (Å²) in [5, 5.41) is 6.35. The van der Waals surface area contributed by atoms with Crippen LogP contribution in [0.3, 0.4) is 0 Å². The van der Waals surface area contributed by atoms with Gasteiger partial charge in [-0.1, -0.05) is 41.9 Å². The van der Waals surface area contributed by atoms with E-state index >= 15 is 0 Å². The van der Waals surface area contributed by atoms with E-state index in [0.29, 0.717) is 11.3 Å². The number of carbonyl (C=O) groups is 1. The molecule has 0 fully saturated rings. The van der Waals surface area contributed by atoms with E-state index in [9.17, 15) is 18.0 Å². The number of anilines is 1. The van der Waals surface area contributed by atoms with Crippen LogP contribution in [0.4, 0.5) is 18.9 Å². The van der Waals surface area contributed by atoms with Gasteiger partial charge in [0.1, 0.15) is 5.15 Å². The zero-order valence-electron chi connectivity index (χ0n) is 13.8. The van der Waals surface area contributed by atoms with Crippen molar-refractivity contribution >= 4 is 23.2 Å². The van der Waals surface area contributed by atoms with Gasteiger partial charge in [0.25, 0.3) is 5.91 Å². The molecule has 2 aromatic carbocycles. The second kappa shape index (κ2) is 6.84. The van der Waals surface area contributed by atoms with E-state index < -0.39 is 29.0 Å². The molecule has 1 aromatic heterocycles. The van der Waals surface area contributed by atoms with Crippen LogP contribution in [0.15, 0.2) is 36.4 Å². The van der Waals surface area contributed by atoms with Crippen molar-refractivity contribution < 1.29 is 18.0 Å². The van der Waals surface area contributed by atoms with Crippen molar-refractivity contribution in [3.8, 4) is 11.1 Å². The average molecular weight is 380 g/mol. The molecule has 0 atom stereocenters. The highest BCUT2D eigenvalue weighted by molar-refractivity contribution is 6.33. The summed E-state index contributed by atoms with van der Waals surface area (Å²) >= 11 is 6.04. The second-order valence-corrected chi connectivity index (χ2v) is 5.96. The molecule has 26 heavy (non-hydrogen) atoms. The highest BCUT2D eigenvalue weighted by Gasteiger charge is 2.25. The van der Waals surface area contributed by atoms with E-state index in [1.165, 1.54) is 4.68 Å². The van der Waals surface area contributed by atoms with Gasteiger partial charge < -0.3 is 5.32 Å². The Morgan fingerprint density at radius 1 is 1.15 bits per heavy atom. The minimum absolute atomic E-state index is 0.00742. The third-order valence-electron chi connectivity index (χ3n) is 3.86. The number of nitrogens with zero attached hydrogens (tertiary/aromatic N) is 2. The number of aryl methyl sites for hydroxylation is 2. The van der Waals surface area contributed by atoms with Crippen molar-refractivity contribution in [3.63, 3.8) is 0 Å². The number of rotatable bonds is 3. The molecule has 1 heterocycles. The number of aromatic nitrogens is 2. The number of benzene rings is 2. The summed E-state index contributed by atoms with van der Waals surface area (Å²) in [7, 11) is 1.54. The molecular weight excluding hydrogens is 367 g/mol. The molecular formula is C18H13ClF3N3O. The lowest BCUT2D eigenvalue weighted by molar-refractivity contribution is 0.102. The number of halogens is 4. The Morgan fingerprint density at radius 3 is 2.38 bits per heavy atom. The molecule has 0 radical (unpaired) electrons. The predicted octanol–water partition coefficient (Wildman–Crippen LogP) is 4.72. The lowest BCUT2D eigenvalue weighted by Gasteiger charge is -2.14. The van der Waals surface area contributed by atoms with E-state index in [1.807, 2.05) is 0 Å². The first-order valence-corrected chi connectivity index (χ1v) is 7.92.